The first-order valence-electron chi connectivity index (χ1n) is 3.71. The molecule has 0 aliphatic carbocycles. The maximum atomic E-state index is 5.06. The molecule has 64 valence electrons. The van der Waals surface area contributed by atoms with Gasteiger partial charge in [0.05, 0.1) is 5.71 Å². The first-order chi connectivity index (χ1) is 4.84. The molecule has 0 amide bonds. The van der Waals surface area contributed by atoms with E-state index in [9.17, 15) is 0 Å². The molecule has 0 aliphatic heterocycles. The van der Waals surface area contributed by atoms with Gasteiger partial charge in [-0.2, -0.15) is 0 Å². The number of hydrogen-bond acceptors (Lipinski definition) is 2. The van der Waals surface area contributed by atoms with E-state index in [1.165, 1.54) is 0 Å². The van der Waals surface area contributed by atoms with Crippen LogP contribution < -0.4 is 0 Å². The third-order valence-electron chi connectivity index (χ3n) is 1.17. The van der Waals surface area contributed by atoms with Gasteiger partial charge >= 0.3 is 0 Å². The summed E-state index contributed by atoms with van der Waals surface area (Å²) in [5, 5.41) is 3.81. The fourth-order valence-corrected chi connectivity index (χ4v) is 0.283. The summed E-state index contributed by atoms with van der Waals surface area (Å²) in [5.74, 6) is 0.693. The van der Waals surface area contributed by atoms with E-state index in [1.54, 1.807) is 0 Å². The lowest BCUT2D eigenvalue weighted by atomic mass is 9.95. The molecule has 0 saturated heterocycles. The highest BCUT2D eigenvalue weighted by atomic mass is 16.6. The molecule has 0 atom stereocenters. The van der Waals surface area contributed by atoms with E-state index in [1.807, 2.05) is 34.6 Å². The zero-order chi connectivity index (χ0) is 9.07. The number of allylic oxidation sites excluding steroid dienone is 1. The SMILES string of the molecule is C=C(ON=C(C)C)C(C)(C)C. The van der Waals surface area contributed by atoms with E-state index in [2.05, 4.69) is 11.7 Å². The van der Waals surface area contributed by atoms with Crippen LogP contribution in [0.15, 0.2) is 17.5 Å². The second-order valence-corrected chi connectivity index (χ2v) is 3.80. The molecule has 0 N–H and O–H groups in total. The molecular formula is C9H17NO. The number of rotatable bonds is 2. The Kier molecular flexibility index (Phi) is 3.30. The first kappa shape index (κ1) is 10.2. The van der Waals surface area contributed by atoms with Crippen molar-refractivity contribution < 1.29 is 4.84 Å². The fourth-order valence-electron chi connectivity index (χ4n) is 0.283. The monoisotopic (exact) mass is 155 g/mol. The van der Waals surface area contributed by atoms with Crippen LogP contribution >= 0.6 is 0 Å². The first-order valence-corrected chi connectivity index (χ1v) is 3.71. The zero-order valence-corrected chi connectivity index (χ0v) is 8.06. The molecule has 0 spiro atoms. The average Bonchev–Trinajstić information content (AvgIpc) is 1.80. The number of hydrogen-bond donors (Lipinski definition) is 0. The topological polar surface area (TPSA) is 21.6 Å². The lowest BCUT2D eigenvalue weighted by molar-refractivity contribution is 0.162. The Morgan fingerprint density at radius 2 is 1.73 bits per heavy atom. The standard InChI is InChI=1S/C9H17NO/c1-7(2)10-11-8(3)9(4,5)6/h3H2,1-2,4-6H3. The molecule has 0 aromatic carbocycles. The van der Waals surface area contributed by atoms with Crippen LogP contribution in [0.2, 0.25) is 0 Å². The molecule has 0 unspecified atom stereocenters. The van der Waals surface area contributed by atoms with Gasteiger partial charge in [-0.1, -0.05) is 32.5 Å². The predicted octanol–water partition coefficient (Wildman–Crippen LogP) is 2.96. The van der Waals surface area contributed by atoms with Gasteiger partial charge in [0.1, 0.15) is 5.76 Å². The van der Waals surface area contributed by atoms with E-state index in [0.717, 1.165) is 5.71 Å². The summed E-state index contributed by atoms with van der Waals surface area (Å²) in [6.07, 6.45) is 0. The highest BCUT2D eigenvalue weighted by molar-refractivity contribution is 5.78. The van der Waals surface area contributed by atoms with E-state index in [-0.39, 0.29) is 5.41 Å². The summed E-state index contributed by atoms with van der Waals surface area (Å²) in [6.45, 7) is 13.7. The molecule has 0 saturated carbocycles. The Hall–Kier alpha value is -0.790. The largest absolute Gasteiger partial charge is 0.362 e. The van der Waals surface area contributed by atoms with Crippen molar-refractivity contribution in [2.45, 2.75) is 34.6 Å². The molecule has 0 aromatic heterocycles. The minimum Gasteiger partial charge on any atom is -0.362 e. The van der Waals surface area contributed by atoms with Gasteiger partial charge in [-0.3, -0.25) is 0 Å². The van der Waals surface area contributed by atoms with Gasteiger partial charge in [-0.05, 0) is 13.8 Å². The lowest BCUT2D eigenvalue weighted by Crippen LogP contribution is -2.09. The predicted molar refractivity (Wildman–Crippen MR) is 48.5 cm³/mol. The van der Waals surface area contributed by atoms with Crippen molar-refractivity contribution in [1.29, 1.82) is 0 Å². The Morgan fingerprint density at radius 3 is 2.00 bits per heavy atom. The fraction of sp³-hybridized carbons (Fsp3) is 0.667. The Bertz CT molecular complexity index is 170. The highest BCUT2D eigenvalue weighted by Gasteiger charge is 2.16. The van der Waals surface area contributed by atoms with Gasteiger partial charge in [0.2, 0.25) is 0 Å². The van der Waals surface area contributed by atoms with Crippen molar-refractivity contribution in [2.75, 3.05) is 0 Å². The van der Waals surface area contributed by atoms with Crippen LogP contribution in [0.3, 0.4) is 0 Å². The Labute approximate surface area is 68.9 Å². The van der Waals surface area contributed by atoms with Crippen LogP contribution in [0.1, 0.15) is 34.6 Å². The van der Waals surface area contributed by atoms with Crippen molar-refractivity contribution in [3.63, 3.8) is 0 Å². The number of nitrogens with zero attached hydrogens (tertiary/aromatic N) is 1. The van der Waals surface area contributed by atoms with E-state index >= 15 is 0 Å². The second-order valence-electron chi connectivity index (χ2n) is 3.80. The van der Waals surface area contributed by atoms with Gasteiger partial charge in [-0.15, -0.1) is 0 Å². The summed E-state index contributed by atoms with van der Waals surface area (Å²) in [6, 6.07) is 0. The molecule has 0 aromatic rings. The van der Waals surface area contributed by atoms with Crippen LogP contribution in [0, 0.1) is 5.41 Å². The van der Waals surface area contributed by atoms with Crippen molar-refractivity contribution in [3.05, 3.63) is 12.3 Å². The van der Waals surface area contributed by atoms with Crippen LogP contribution in [0.4, 0.5) is 0 Å². The third-order valence-corrected chi connectivity index (χ3v) is 1.17. The summed E-state index contributed by atoms with van der Waals surface area (Å²) in [4.78, 5) is 5.06. The average molecular weight is 155 g/mol. The van der Waals surface area contributed by atoms with E-state index in [0.29, 0.717) is 5.76 Å². The lowest BCUT2D eigenvalue weighted by Gasteiger charge is -2.18. The summed E-state index contributed by atoms with van der Waals surface area (Å²) in [5.41, 5.74) is 0.870. The molecule has 0 heterocycles. The van der Waals surface area contributed by atoms with Crippen LogP contribution in [-0.2, 0) is 4.84 Å². The maximum Gasteiger partial charge on any atom is 0.133 e. The summed E-state index contributed by atoms with van der Waals surface area (Å²) < 4.78 is 0. The minimum atomic E-state index is -0.0288. The molecule has 2 heteroatoms. The van der Waals surface area contributed by atoms with E-state index < -0.39 is 0 Å². The van der Waals surface area contributed by atoms with Crippen LogP contribution in [-0.4, -0.2) is 5.71 Å². The quantitative estimate of drug-likeness (QED) is 0.341. The minimum absolute atomic E-state index is 0.0288. The molecule has 0 aliphatic rings. The molecule has 0 rings (SSSR count). The van der Waals surface area contributed by atoms with Crippen molar-refractivity contribution in [2.24, 2.45) is 10.6 Å². The van der Waals surface area contributed by atoms with Gasteiger partial charge in [0, 0.05) is 5.41 Å². The van der Waals surface area contributed by atoms with Crippen molar-refractivity contribution >= 4 is 5.71 Å². The van der Waals surface area contributed by atoms with Gasteiger partial charge in [0.25, 0.3) is 0 Å². The molecule has 0 fully saturated rings. The molecule has 0 radical (unpaired) electrons. The second kappa shape index (κ2) is 3.56. The third kappa shape index (κ3) is 4.59. The molecule has 11 heavy (non-hydrogen) atoms. The number of oxime groups is 1. The van der Waals surface area contributed by atoms with Gasteiger partial charge < -0.3 is 4.84 Å². The summed E-state index contributed by atoms with van der Waals surface area (Å²) >= 11 is 0. The molecular weight excluding hydrogens is 138 g/mol. The van der Waals surface area contributed by atoms with E-state index in [4.69, 9.17) is 4.84 Å². The van der Waals surface area contributed by atoms with Gasteiger partial charge in [0.15, 0.2) is 0 Å². The van der Waals surface area contributed by atoms with Crippen molar-refractivity contribution in [1.82, 2.24) is 0 Å². The smallest absolute Gasteiger partial charge is 0.133 e. The summed E-state index contributed by atoms with van der Waals surface area (Å²) in [7, 11) is 0. The normalized spacial score (nSPS) is 10.6. The zero-order valence-electron chi connectivity index (χ0n) is 8.06. The van der Waals surface area contributed by atoms with Crippen LogP contribution in [0.5, 0.6) is 0 Å². The Morgan fingerprint density at radius 1 is 1.27 bits per heavy atom. The molecule has 2 nitrogen and oxygen atoms in total. The Balaban J connectivity index is 4.01. The molecule has 0 bridgehead atoms. The van der Waals surface area contributed by atoms with Crippen LogP contribution in [0.25, 0.3) is 0 Å². The highest BCUT2D eigenvalue weighted by Crippen LogP contribution is 2.24. The van der Waals surface area contributed by atoms with Crippen molar-refractivity contribution in [3.8, 4) is 0 Å². The van der Waals surface area contributed by atoms with Gasteiger partial charge in [-0.25, -0.2) is 0 Å². The maximum absolute atomic E-state index is 5.06.